The van der Waals surface area contributed by atoms with Crippen LogP contribution < -0.4 is 10.6 Å². The Bertz CT molecular complexity index is 1040. The van der Waals surface area contributed by atoms with Crippen molar-refractivity contribution in [3.05, 3.63) is 56.9 Å². The van der Waals surface area contributed by atoms with Crippen LogP contribution in [0.4, 0.5) is 24.5 Å². The highest BCUT2D eigenvalue weighted by atomic mass is 127. The molecule has 4 rings (SSSR count). The van der Waals surface area contributed by atoms with Gasteiger partial charge in [-0.05, 0) is 84.6 Å². The highest BCUT2D eigenvalue weighted by Gasteiger charge is 2.44. The van der Waals surface area contributed by atoms with Gasteiger partial charge < -0.3 is 25.4 Å². The number of carbonyl (C=O) groups is 1. The van der Waals surface area contributed by atoms with Crippen LogP contribution in [0.5, 0.6) is 0 Å². The number of nitrogens with one attached hydrogen (secondary N) is 2. The van der Waals surface area contributed by atoms with E-state index in [-0.39, 0.29) is 24.3 Å². The average molecular weight is 589 g/mol. The van der Waals surface area contributed by atoms with E-state index in [0.29, 0.717) is 16.0 Å². The van der Waals surface area contributed by atoms with Crippen LogP contribution in [0.3, 0.4) is 0 Å². The fraction of sp³-hybridized carbons (Fsp3) is 0.458. The molecule has 3 N–H and O–H groups in total. The second-order valence-corrected chi connectivity index (χ2v) is 10.2. The van der Waals surface area contributed by atoms with E-state index < -0.39 is 34.6 Å². The number of halogens is 4. The van der Waals surface area contributed by atoms with Crippen molar-refractivity contribution in [1.82, 2.24) is 10.2 Å². The quantitative estimate of drug-likeness (QED) is 0.321. The zero-order valence-corrected chi connectivity index (χ0v) is 20.7. The number of likely N-dealkylation sites (tertiary alicyclic amines) is 1. The zero-order valence-electron chi connectivity index (χ0n) is 18.6. The molecule has 0 unspecified atom stereocenters. The summed E-state index contributed by atoms with van der Waals surface area (Å²) in [5, 5.41) is 16.5. The van der Waals surface area contributed by atoms with Gasteiger partial charge in [-0.25, -0.2) is 13.2 Å². The summed E-state index contributed by atoms with van der Waals surface area (Å²) >= 11 is 1.93. The predicted octanol–water partition coefficient (Wildman–Crippen LogP) is 4.05. The van der Waals surface area contributed by atoms with E-state index in [9.17, 15) is 23.1 Å². The molecule has 34 heavy (non-hydrogen) atoms. The molecule has 10 heteroatoms. The number of benzene rings is 2. The van der Waals surface area contributed by atoms with E-state index in [4.69, 9.17) is 4.74 Å². The molecule has 2 aliphatic heterocycles. The first kappa shape index (κ1) is 25.2. The SMILES string of the molecule is O=C(c1ccc(F)c(F)c1Nc1ccc(I)cc1F)N1CC(O)(CNCCC2CCOCC2)C1. The summed E-state index contributed by atoms with van der Waals surface area (Å²) in [5.74, 6) is -3.03. The molecule has 184 valence electrons. The maximum Gasteiger partial charge on any atom is 0.256 e. The number of amides is 1. The topological polar surface area (TPSA) is 73.8 Å². The van der Waals surface area contributed by atoms with Crippen molar-refractivity contribution in [2.75, 3.05) is 44.7 Å². The largest absolute Gasteiger partial charge is 0.385 e. The minimum absolute atomic E-state index is 0.0619. The number of hydrogen-bond donors (Lipinski definition) is 3. The molecule has 0 atom stereocenters. The fourth-order valence-electron chi connectivity index (χ4n) is 4.33. The van der Waals surface area contributed by atoms with Gasteiger partial charge in [0, 0.05) is 23.3 Å². The molecule has 0 aromatic heterocycles. The molecule has 2 aromatic carbocycles. The smallest absolute Gasteiger partial charge is 0.256 e. The molecule has 0 bridgehead atoms. The van der Waals surface area contributed by atoms with E-state index >= 15 is 0 Å². The highest BCUT2D eigenvalue weighted by Crippen LogP contribution is 2.31. The van der Waals surface area contributed by atoms with Crippen molar-refractivity contribution in [2.24, 2.45) is 5.92 Å². The summed E-state index contributed by atoms with van der Waals surface area (Å²) in [6.45, 7) is 2.81. The molecule has 0 aliphatic carbocycles. The van der Waals surface area contributed by atoms with Crippen molar-refractivity contribution in [2.45, 2.75) is 24.9 Å². The Kier molecular flexibility index (Phi) is 8.01. The molecule has 2 heterocycles. The van der Waals surface area contributed by atoms with Crippen LogP contribution in [0.1, 0.15) is 29.6 Å². The second kappa shape index (κ2) is 10.8. The van der Waals surface area contributed by atoms with Crippen LogP contribution in [0.2, 0.25) is 0 Å². The first-order valence-corrected chi connectivity index (χ1v) is 12.3. The predicted molar refractivity (Wildman–Crippen MR) is 131 cm³/mol. The van der Waals surface area contributed by atoms with Gasteiger partial charge in [-0.1, -0.05) is 0 Å². The molecular weight excluding hydrogens is 562 g/mol. The van der Waals surface area contributed by atoms with Gasteiger partial charge in [-0.15, -0.1) is 0 Å². The number of carbonyl (C=O) groups excluding carboxylic acids is 1. The summed E-state index contributed by atoms with van der Waals surface area (Å²) in [6, 6.07) is 6.27. The molecule has 0 radical (unpaired) electrons. The fourth-order valence-corrected chi connectivity index (χ4v) is 4.78. The van der Waals surface area contributed by atoms with Crippen LogP contribution in [-0.2, 0) is 4.74 Å². The van der Waals surface area contributed by atoms with E-state index in [0.717, 1.165) is 51.2 Å². The van der Waals surface area contributed by atoms with Gasteiger partial charge in [0.1, 0.15) is 11.4 Å². The maximum atomic E-state index is 14.6. The van der Waals surface area contributed by atoms with Gasteiger partial charge in [-0.2, -0.15) is 0 Å². The van der Waals surface area contributed by atoms with Crippen molar-refractivity contribution in [3.63, 3.8) is 0 Å². The molecule has 2 aromatic rings. The van der Waals surface area contributed by atoms with Crippen LogP contribution in [-0.4, -0.2) is 60.9 Å². The Hall–Kier alpha value is -1.89. The van der Waals surface area contributed by atoms with Gasteiger partial charge in [-0.3, -0.25) is 4.79 Å². The molecular formula is C24H27F3IN3O3. The number of anilines is 2. The zero-order chi connectivity index (χ0) is 24.3. The van der Waals surface area contributed by atoms with Crippen LogP contribution in [0, 0.1) is 26.9 Å². The van der Waals surface area contributed by atoms with Gasteiger partial charge in [0.15, 0.2) is 11.6 Å². The van der Waals surface area contributed by atoms with Crippen LogP contribution in [0.15, 0.2) is 30.3 Å². The van der Waals surface area contributed by atoms with Gasteiger partial charge in [0.05, 0.1) is 30.0 Å². The lowest BCUT2D eigenvalue weighted by atomic mass is 9.92. The molecule has 1 amide bonds. The molecule has 2 saturated heterocycles. The monoisotopic (exact) mass is 589 g/mol. The standard InChI is InChI=1S/C24H27F3IN3O3/c25-18-3-2-17(22(21(18)27)30-20-4-1-16(28)11-19(20)26)23(32)31-13-24(33,14-31)12-29-8-5-15-6-9-34-10-7-15/h1-4,11,15,29-30,33H,5-10,12-14H2. The molecule has 0 spiro atoms. The summed E-state index contributed by atoms with van der Waals surface area (Å²) in [6.07, 6.45) is 3.09. The second-order valence-electron chi connectivity index (χ2n) is 8.94. The lowest BCUT2D eigenvalue weighted by molar-refractivity contribution is -0.0786. The lowest BCUT2D eigenvalue weighted by Crippen LogP contribution is -2.67. The highest BCUT2D eigenvalue weighted by molar-refractivity contribution is 14.1. The molecule has 0 saturated carbocycles. The van der Waals surface area contributed by atoms with Crippen LogP contribution in [0.25, 0.3) is 0 Å². The third-order valence-electron chi connectivity index (χ3n) is 6.30. The average Bonchev–Trinajstić information content (AvgIpc) is 2.80. The van der Waals surface area contributed by atoms with E-state index in [2.05, 4.69) is 10.6 Å². The van der Waals surface area contributed by atoms with E-state index in [1.165, 1.54) is 17.0 Å². The Morgan fingerprint density at radius 1 is 1.15 bits per heavy atom. The van der Waals surface area contributed by atoms with Crippen LogP contribution >= 0.6 is 22.6 Å². The summed E-state index contributed by atoms with van der Waals surface area (Å²) in [7, 11) is 0. The Morgan fingerprint density at radius 3 is 2.59 bits per heavy atom. The van der Waals surface area contributed by atoms with Crippen molar-refractivity contribution in [3.8, 4) is 0 Å². The molecule has 2 aliphatic rings. The van der Waals surface area contributed by atoms with Gasteiger partial charge >= 0.3 is 0 Å². The number of rotatable bonds is 8. The number of β-amino-alcohol motifs (C(OH)–C–C–N with tert-alkyl or cyclic N) is 1. The van der Waals surface area contributed by atoms with E-state index in [1.54, 1.807) is 6.07 Å². The number of ether oxygens (including phenoxy) is 1. The number of aliphatic hydroxyl groups is 1. The minimum atomic E-state index is -1.27. The number of nitrogens with zero attached hydrogens (tertiary/aromatic N) is 1. The summed E-state index contributed by atoms with van der Waals surface area (Å²) < 4.78 is 48.8. The minimum Gasteiger partial charge on any atom is -0.385 e. The third kappa shape index (κ3) is 5.84. The Labute approximate surface area is 210 Å². The summed E-state index contributed by atoms with van der Waals surface area (Å²) in [4.78, 5) is 14.4. The van der Waals surface area contributed by atoms with E-state index in [1.807, 2.05) is 22.6 Å². The third-order valence-corrected chi connectivity index (χ3v) is 6.97. The van der Waals surface area contributed by atoms with Crippen molar-refractivity contribution in [1.29, 1.82) is 0 Å². The summed E-state index contributed by atoms with van der Waals surface area (Å²) in [5.41, 5.74) is -1.73. The normalized spacial score (nSPS) is 18.0. The first-order chi connectivity index (χ1) is 16.3. The Morgan fingerprint density at radius 2 is 1.88 bits per heavy atom. The molecule has 6 nitrogen and oxygen atoms in total. The van der Waals surface area contributed by atoms with Gasteiger partial charge in [0.2, 0.25) is 0 Å². The Balaban J connectivity index is 1.37. The van der Waals surface area contributed by atoms with Crippen molar-refractivity contribution < 1.29 is 27.8 Å². The lowest BCUT2D eigenvalue weighted by Gasteiger charge is -2.46. The number of hydrogen-bond acceptors (Lipinski definition) is 5. The van der Waals surface area contributed by atoms with Gasteiger partial charge in [0.25, 0.3) is 5.91 Å². The van der Waals surface area contributed by atoms with Crippen molar-refractivity contribution >= 4 is 39.9 Å². The molecule has 2 fully saturated rings. The first-order valence-electron chi connectivity index (χ1n) is 11.3. The maximum absolute atomic E-state index is 14.6.